The van der Waals surface area contributed by atoms with Gasteiger partial charge in [0.15, 0.2) is 6.29 Å². The molecule has 1 aromatic carbocycles. The second-order valence-electron chi connectivity index (χ2n) is 3.16. The third-order valence-electron chi connectivity index (χ3n) is 2.03. The van der Waals surface area contributed by atoms with Crippen molar-refractivity contribution in [2.45, 2.75) is 6.92 Å². The third-order valence-corrected chi connectivity index (χ3v) is 2.94. The lowest BCUT2D eigenvalue weighted by molar-refractivity contribution is 0.111. The van der Waals surface area contributed by atoms with Crippen LogP contribution in [0.3, 0.4) is 0 Å². The summed E-state index contributed by atoms with van der Waals surface area (Å²) in [6, 6.07) is 7.70. The van der Waals surface area contributed by atoms with Gasteiger partial charge in [-0.2, -0.15) is 0 Å². The molecule has 0 spiro atoms. The summed E-state index contributed by atoms with van der Waals surface area (Å²) in [7, 11) is 0. The van der Waals surface area contributed by atoms with Crippen molar-refractivity contribution in [3.63, 3.8) is 0 Å². The first-order chi connectivity index (χ1) is 7.83. The van der Waals surface area contributed by atoms with E-state index in [1.54, 1.807) is 5.38 Å². The first kappa shape index (κ1) is 10.8. The quantitative estimate of drug-likeness (QED) is 0.762. The molecule has 0 saturated carbocycles. The van der Waals surface area contributed by atoms with Gasteiger partial charge in [-0.1, -0.05) is 12.1 Å². The molecule has 0 amide bonds. The van der Waals surface area contributed by atoms with Crippen molar-refractivity contribution in [2.24, 2.45) is 0 Å². The fourth-order valence-electron chi connectivity index (χ4n) is 1.36. The number of aldehydes is 1. The Morgan fingerprint density at radius 1 is 1.50 bits per heavy atom. The van der Waals surface area contributed by atoms with Gasteiger partial charge in [0.05, 0.1) is 6.61 Å². The Morgan fingerprint density at radius 2 is 2.38 bits per heavy atom. The second-order valence-corrected chi connectivity index (χ2v) is 4.01. The predicted molar refractivity (Wildman–Crippen MR) is 64.1 cm³/mol. The van der Waals surface area contributed by atoms with Crippen molar-refractivity contribution >= 4 is 17.6 Å². The van der Waals surface area contributed by atoms with Gasteiger partial charge < -0.3 is 4.74 Å². The van der Waals surface area contributed by atoms with E-state index in [1.807, 2.05) is 31.2 Å². The smallest absolute Gasteiger partial charge is 0.169 e. The summed E-state index contributed by atoms with van der Waals surface area (Å²) in [6.45, 7) is 2.58. The van der Waals surface area contributed by atoms with Crippen molar-refractivity contribution in [3.8, 4) is 16.3 Å². The fourth-order valence-corrected chi connectivity index (χ4v) is 2.12. The molecule has 0 atom stereocenters. The maximum Gasteiger partial charge on any atom is 0.169 e. The van der Waals surface area contributed by atoms with Crippen molar-refractivity contribution in [2.75, 3.05) is 6.61 Å². The van der Waals surface area contributed by atoms with Crippen LogP contribution in [0.4, 0.5) is 0 Å². The van der Waals surface area contributed by atoms with Gasteiger partial charge in [-0.05, 0) is 19.1 Å². The van der Waals surface area contributed by atoms with Gasteiger partial charge in [0.25, 0.3) is 0 Å². The lowest BCUT2D eigenvalue weighted by Gasteiger charge is -2.03. The van der Waals surface area contributed by atoms with E-state index in [0.717, 1.165) is 22.6 Å². The third kappa shape index (κ3) is 2.28. The van der Waals surface area contributed by atoms with Crippen LogP contribution in [0.2, 0.25) is 0 Å². The molecule has 0 bridgehead atoms. The molecular weight excluding hydrogens is 222 g/mol. The monoisotopic (exact) mass is 233 g/mol. The van der Waals surface area contributed by atoms with Crippen LogP contribution < -0.4 is 4.74 Å². The van der Waals surface area contributed by atoms with Gasteiger partial charge in [-0.15, -0.1) is 11.3 Å². The zero-order valence-corrected chi connectivity index (χ0v) is 9.66. The lowest BCUT2D eigenvalue weighted by Crippen LogP contribution is -1.91. The van der Waals surface area contributed by atoms with Gasteiger partial charge in [0.2, 0.25) is 0 Å². The van der Waals surface area contributed by atoms with Crippen molar-refractivity contribution < 1.29 is 9.53 Å². The number of carbonyl (C=O) groups is 1. The first-order valence-corrected chi connectivity index (χ1v) is 5.85. The molecule has 3 nitrogen and oxygen atoms in total. The zero-order valence-electron chi connectivity index (χ0n) is 8.84. The highest BCUT2D eigenvalue weighted by Gasteiger charge is 2.04. The molecule has 1 heterocycles. The SMILES string of the molecule is CCOc1cccc(-c2nc(C=O)cs2)c1. The first-order valence-electron chi connectivity index (χ1n) is 4.97. The van der Waals surface area contributed by atoms with Crippen molar-refractivity contribution in [1.82, 2.24) is 4.98 Å². The molecule has 2 rings (SSSR count). The molecule has 0 saturated heterocycles. The maximum absolute atomic E-state index is 10.5. The van der Waals surface area contributed by atoms with Gasteiger partial charge in [-0.3, -0.25) is 4.79 Å². The Bertz CT molecular complexity index is 493. The molecule has 0 aliphatic carbocycles. The Balaban J connectivity index is 2.32. The topological polar surface area (TPSA) is 39.2 Å². The van der Waals surface area contributed by atoms with Crippen LogP contribution in [0.5, 0.6) is 5.75 Å². The van der Waals surface area contributed by atoms with Crippen LogP contribution in [-0.4, -0.2) is 17.9 Å². The molecular formula is C12H11NO2S. The van der Waals surface area contributed by atoms with Gasteiger partial charge in [0, 0.05) is 10.9 Å². The van der Waals surface area contributed by atoms with E-state index >= 15 is 0 Å². The van der Waals surface area contributed by atoms with Crippen LogP contribution >= 0.6 is 11.3 Å². The maximum atomic E-state index is 10.5. The van der Waals surface area contributed by atoms with E-state index in [-0.39, 0.29) is 0 Å². The summed E-state index contributed by atoms with van der Waals surface area (Å²) in [5.74, 6) is 0.822. The summed E-state index contributed by atoms with van der Waals surface area (Å²) in [5.41, 5.74) is 1.45. The molecule has 4 heteroatoms. The second kappa shape index (κ2) is 4.90. The average Bonchev–Trinajstić information content (AvgIpc) is 2.78. The Kier molecular flexibility index (Phi) is 3.31. The number of hydrogen-bond donors (Lipinski definition) is 0. The molecule has 0 radical (unpaired) electrons. The summed E-state index contributed by atoms with van der Waals surface area (Å²) in [4.78, 5) is 14.7. The summed E-state index contributed by atoms with van der Waals surface area (Å²) in [6.07, 6.45) is 0.756. The standard InChI is InChI=1S/C12H11NO2S/c1-2-15-11-5-3-4-9(6-11)12-13-10(7-14)8-16-12/h3-8H,2H2,1H3. The number of benzene rings is 1. The number of thiazole rings is 1. The molecule has 2 aromatic rings. The number of carbonyl (C=O) groups excluding carboxylic acids is 1. The molecule has 82 valence electrons. The van der Waals surface area contributed by atoms with E-state index < -0.39 is 0 Å². The molecule has 16 heavy (non-hydrogen) atoms. The van der Waals surface area contributed by atoms with Crippen LogP contribution in [0.1, 0.15) is 17.4 Å². The Hall–Kier alpha value is -1.68. The number of ether oxygens (including phenoxy) is 1. The van der Waals surface area contributed by atoms with Crippen molar-refractivity contribution in [1.29, 1.82) is 0 Å². The van der Waals surface area contributed by atoms with E-state index in [4.69, 9.17) is 4.74 Å². The lowest BCUT2D eigenvalue weighted by atomic mass is 10.2. The van der Waals surface area contributed by atoms with Gasteiger partial charge >= 0.3 is 0 Å². The van der Waals surface area contributed by atoms with Crippen LogP contribution in [-0.2, 0) is 0 Å². The molecule has 0 unspecified atom stereocenters. The minimum absolute atomic E-state index is 0.474. The molecule has 0 N–H and O–H groups in total. The van der Waals surface area contributed by atoms with Crippen molar-refractivity contribution in [3.05, 3.63) is 35.3 Å². The normalized spacial score (nSPS) is 10.1. The predicted octanol–water partition coefficient (Wildman–Crippen LogP) is 3.02. The summed E-state index contributed by atoms with van der Waals surface area (Å²) in [5, 5.41) is 2.58. The number of nitrogens with zero attached hydrogens (tertiary/aromatic N) is 1. The molecule has 0 aliphatic heterocycles. The molecule has 0 fully saturated rings. The van der Waals surface area contributed by atoms with Gasteiger partial charge in [0.1, 0.15) is 16.5 Å². The van der Waals surface area contributed by atoms with E-state index in [0.29, 0.717) is 12.3 Å². The molecule has 1 aromatic heterocycles. The number of hydrogen-bond acceptors (Lipinski definition) is 4. The van der Waals surface area contributed by atoms with Crippen LogP contribution in [0.25, 0.3) is 10.6 Å². The number of aromatic nitrogens is 1. The number of rotatable bonds is 4. The van der Waals surface area contributed by atoms with Crippen LogP contribution in [0, 0.1) is 0 Å². The highest BCUT2D eigenvalue weighted by atomic mass is 32.1. The highest BCUT2D eigenvalue weighted by molar-refractivity contribution is 7.13. The summed E-state index contributed by atoms with van der Waals surface area (Å²) < 4.78 is 5.41. The molecule has 0 aliphatic rings. The zero-order chi connectivity index (χ0) is 11.4. The fraction of sp³-hybridized carbons (Fsp3) is 0.167. The van der Waals surface area contributed by atoms with Crippen LogP contribution in [0.15, 0.2) is 29.6 Å². The Labute approximate surface area is 97.7 Å². The largest absolute Gasteiger partial charge is 0.494 e. The summed E-state index contributed by atoms with van der Waals surface area (Å²) >= 11 is 1.46. The van der Waals surface area contributed by atoms with E-state index in [1.165, 1.54) is 11.3 Å². The highest BCUT2D eigenvalue weighted by Crippen LogP contribution is 2.26. The van der Waals surface area contributed by atoms with E-state index in [2.05, 4.69) is 4.98 Å². The minimum atomic E-state index is 0.474. The van der Waals surface area contributed by atoms with E-state index in [9.17, 15) is 4.79 Å². The Morgan fingerprint density at radius 3 is 3.06 bits per heavy atom. The average molecular weight is 233 g/mol. The minimum Gasteiger partial charge on any atom is -0.494 e. The van der Waals surface area contributed by atoms with Gasteiger partial charge in [-0.25, -0.2) is 4.98 Å².